The van der Waals surface area contributed by atoms with Crippen molar-refractivity contribution in [3.63, 3.8) is 0 Å². The number of ether oxygens (including phenoxy) is 1. The van der Waals surface area contributed by atoms with E-state index in [1.807, 2.05) is 18.2 Å². The molecule has 0 aromatic heterocycles. The molecule has 2 rings (SSSR count). The Labute approximate surface area is 114 Å². The van der Waals surface area contributed by atoms with Crippen molar-refractivity contribution in [2.24, 2.45) is 17.6 Å². The summed E-state index contributed by atoms with van der Waals surface area (Å²) in [5.41, 5.74) is 7.51. The van der Waals surface area contributed by atoms with Crippen LogP contribution in [-0.2, 0) is 0 Å². The lowest BCUT2D eigenvalue weighted by Gasteiger charge is -2.38. The maximum Gasteiger partial charge on any atom is 0.121 e. The molecule has 0 radical (unpaired) electrons. The van der Waals surface area contributed by atoms with Gasteiger partial charge >= 0.3 is 0 Å². The van der Waals surface area contributed by atoms with Gasteiger partial charge in [-0.05, 0) is 36.9 Å². The van der Waals surface area contributed by atoms with Crippen LogP contribution in [0.3, 0.4) is 0 Å². The number of nitrogens with two attached hydrogens (primary N) is 1. The van der Waals surface area contributed by atoms with E-state index < -0.39 is 0 Å². The topological polar surface area (TPSA) is 62.3 Å². The number of piperidine rings is 1. The molecule has 1 aromatic rings. The third-order valence-corrected chi connectivity index (χ3v) is 4.08. The molecule has 2 unspecified atom stereocenters. The number of rotatable bonds is 3. The summed E-state index contributed by atoms with van der Waals surface area (Å²) in [5.74, 6) is 1.93. The lowest BCUT2D eigenvalue weighted by molar-refractivity contribution is 0.307. The first-order valence-corrected chi connectivity index (χ1v) is 6.72. The summed E-state index contributed by atoms with van der Waals surface area (Å²) in [5, 5.41) is 9.25. The maximum absolute atomic E-state index is 9.25. The normalized spacial score (nSPS) is 22.9. The molecule has 1 fully saturated rings. The summed E-state index contributed by atoms with van der Waals surface area (Å²) >= 11 is 0. The highest BCUT2D eigenvalue weighted by molar-refractivity contribution is 5.62. The van der Waals surface area contributed by atoms with Crippen LogP contribution >= 0.6 is 0 Å². The summed E-state index contributed by atoms with van der Waals surface area (Å²) in [6.45, 7) is 4.84. The minimum absolute atomic E-state index is 0.492. The smallest absolute Gasteiger partial charge is 0.121 e. The number of nitrogens with zero attached hydrogens (tertiary/aromatic N) is 2. The van der Waals surface area contributed by atoms with Crippen molar-refractivity contribution in [1.82, 2.24) is 0 Å². The van der Waals surface area contributed by atoms with Gasteiger partial charge in [0.15, 0.2) is 0 Å². The van der Waals surface area contributed by atoms with Gasteiger partial charge in [0.2, 0.25) is 0 Å². The molecule has 0 spiro atoms. The number of hydrogen-bond acceptors (Lipinski definition) is 4. The maximum atomic E-state index is 9.25. The SMILES string of the molecule is COc1ccc(C#N)c(N2CCC(C)C(CN)C2)c1. The average Bonchev–Trinajstić information content (AvgIpc) is 2.47. The van der Waals surface area contributed by atoms with E-state index in [0.717, 1.165) is 30.9 Å². The molecule has 1 aliphatic heterocycles. The molecule has 102 valence electrons. The molecule has 0 bridgehead atoms. The molecule has 2 N–H and O–H groups in total. The third-order valence-electron chi connectivity index (χ3n) is 4.08. The fourth-order valence-electron chi connectivity index (χ4n) is 2.67. The lowest BCUT2D eigenvalue weighted by atomic mass is 9.86. The highest BCUT2D eigenvalue weighted by Crippen LogP contribution is 2.31. The molecule has 4 nitrogen and oxygen atoms in total. The predicted molar refractivity (Wildman–Crippen MR) is 76.2 cm³/mol. The second-order valence-corrected chi connectivity index (χ2v) is 5.20. The van der Waals surface area contributed by atoms with Gasteiger partial charge in [0.1, 0.15) is 11.8 Å². The first-order valence-electron chi connectivity index (χ1n) is 6.72. The van der Waals surface area contributed by atoms with Gasteiger partial charge < -0.3 is 15.4 Å². The van der Waals surface area contributed by atoms with Crippen LogP contribution in [0, 0.1) is 23.2 Å². The molecule has 1 heterocycles. The van der Waals surface area contributed by atoms with Gasteiger partial charge in [0, 0.05) is 19.2 Å². The second kappa shape index (κ2) is 5.94. The van der Waals surface area contributed by atoms with Crippen LogP contribution in [-0.4, -0.2) is 26.7 Å². The van der Waals surface area contributed by atoms with Gasteiger partial charge in [-0.3, -0.25) is 0 Å². The Morgan fingerprint density at radius 3 is 2.95 bits per heavy atom. The van der Waals surface area contributed by atoms with Crippen LogP contribution in [0.2, 0.25) is 0 Å². The van der Waals surface area contributed by atoms with E-state index in [0.29, 0.717) is 23.9 Å². The minimum Gasteiger partial charge on any atom is -0.497 e. The van der Waals surface area contributed by atoms with Crippen LogP contribution in [0.4, 0.5) is 5.69 Å². The van der Waals surface area contributed by atoms with E-state index in [9.17, 15) is 5.26 Å². The summed E-state index contributed by atoms with van der Waals surface area (Å²) in [7, 11) is 1.64. The highest BCUT2D eigenvalue weighted by Gasteiger charge is 2.26. The highest BCUT2D eigenvalue weighted by atomic mass is 16.5. The molecule has 0 saturated carbocycles. The summed E-state index contributed by atoms with van der Waals surface area (Å²) in [6, 6.07) is 7.86. The van der Waals surface area contributed by atoms with Crippen molar-refractivity contribution >= 4 is 5.69 Å². The molecule has 19 heavy (non-hydrogen) atoms. The largest absolute Gasteiger partial charge is 0.497 e. The van der Waals surface area contributed by atoms with E-state index in [1.54, 1.807) is 7.11 Å². The standard InChI is InChI=1S/C15H21N3O/c1-11-5-6-18(10-13(11)9-17)15-7-14(19-2)4-3-12(15)8-16/h3-4,7,11,13H,5-6,9-10,17H2,1-2H3. The van der Waals surface area contributed by atoms with E-state index in [2.05, 4.69) is 17.9 Å². The first kappa shape index (κ1) is 13.7. The minimum atomic E-state index is 0.492. The first-order chi connectivity index (χ1) is 9.19. The van der Waals surface area contributed by atoms with Crippen LogP contribution in [0.1, 0.15) is 18.9 Å². The van der Waals surface area contributed by atoms with Crippen LogP contribution in [0.25, 0.3) is 0 Å². The van der Waals surface area contributed by atoms with Crippen molar-refractivity contribution in [2.45, 2.75) is 13.3 Å². The van der Waals surface area contributed by atoms with Crippen LogP contribution in [0.5, 0.6) is 5.75 Å². The Morgan fingerprint density at radius 1 is 1.53 bits per heavy atom. The van der Waals surface area contributed by atoms with Gasteiger partial charge in [-0.1, -0.05) is 6.92 Å². The van der Waals surface area contributed by atoms with Crippen LogP contribution < -0.4 is 15.4 Å². The molecule has 1 aromatic carbocycles. The molecule has 2 atom stereocenters. The molecular weight excluding hydrogens is 238 g/mol. The van der Waals surface area contributed by atoms with Crippen molar-refractivity contribution in [2.75, 3.05) is 31.6 Å². The van der Waals surface area contributed by atoms with Crippen LogP contribution in [0.15, 0.2) is 18.2 Å². The quantitative estimate of drug-likeness (QED) is 0.901. The zero-order valence-electron chi connectivity index (χ0n) is 11.6. The summed E-state index contributed by atoms with van der Waals surface area (Å²) in [4.78, 5) is 2.26. The van der Waals surface area contributed by atoms with E-state index in [-0.39, 0.29) is 0 Å². The average molecular weight is 259 g/mol. The molecule has 1 saturated heterocycles. The number of hydrogen-bond donors (Lipinski definition) is 1. The fourth-order valence-corrected chi connectivity index (χ4v) is 2.67. The van der Waals surface area contributed by atoms with E-state index in [4.69, 9.17) is 10.5 Å². The van der Waals surface area contributed by atoms with Crippen molar-refractivity contribution in [1.29, 1.82) is 5.26 Å². The van der Waals surface area contributed by atoms with Gasteiger partial charge in [-0.25, -0.2) is 0 Å². The molecule has 4 heteroatoms. The Hall–Kier alpha value is -1.73. The molecule has 0 amide bonds. The monoisotopic (exact) mass is 259 g/mol. The van der Waals surface area contributed by atoms with E-state index >= 15 is 0 Å². The Kier molecular flexibility index (Phi) is 4.28. The van der Waals surface area contributed by atoms with Crippen molar-refractivity contribution in [3.8, 4) is 11.8 Å². The molecule has 1 aliphatic rings. The van der Waals surface area contributed by atoms with Gasteiger partial charge in [0.25, 0.3) is 0 Å². The molecule has 0 aliphatic carbocycles. The van der Waals surface area contributed by atoms with Gasteiger partial charge in [0.05, 0.1) is 18.4 Å². The Morgan fingerprint density at radius 2 is 2.32 bits per heavy atom. The van der Waals surface area contributed by atoms with E-state index in [1.165, 1.54) is 0 Å². The fraction of sp³-hybridized carbons (Fsp3) is 0.533. The Balaban J connectivity index is 2.28. The molecular formula is C15H21N3O. The number of methoxy groups -OCH3 is 1. The lowest BCUT2D eigenvalue weighted by Crippen LogP contribution is -2.43. The van der Waals surface area contributed by atoms with Crippen molar-refractivity contribution < 1.29 is 4.74 Å². The number of anilines is 1. The summed E-state index contributed by atoms with van der Waals surface area (Å²) < 4.78 is 5.26. The number of nitriles is 1. The second-order valence-electron chi connectivity index (χ2n) is 5.20. The number of benzene rings is 1. The zero-order chi connectivity index (χ0) is 13.8. The van der Waals surface area contributed by atoms with Gasteiger partial charge in [-0.2, -0.15) is 5.26 Å². The van der Waals surface area contributed by atoms with Gasteiger partial charge in [-0.15, -0.1) is 0 Å². The third kappa shape index (κ3) is 2.82. The predicted octanol–water partition coefficient (Wildman–Crippen LogP) is 1.99. The Bertz CT molecular complexity index is 481. The summed E-state index contributed by atoms with van der Waals surface area (Å²) in [6.07, 6.45) is 1.12. The van der Waals surface area contributed by atoms with Crippen molar-refractivity contribution in [3.05, 3.63) is 23.8 Å². The zero-order valence-corrected chi connectivity index (χ0v) is 11.6.